The van der Waals surface area contributed by atoms with Crippen LogP contribution in [0.5, 0.6) is 0 Å². The van der Waals surface area contributed by atoms with E-state index in [0.29, 0.717) is 17.9 Å². The van der Waals surface area contributed by atoms with Crippen LogP contribution < -0.4 is 4.90 Å². The number of aromatic nitrogens is 1. The summed E-state index contributed by atoms with van der Waals surface area (Å²) in [7, 11) is 1.84. The van der Waals surface area contributed by atoms with Gasteiger partial charge in [-0.2, -0.15) is 0 Å². The number of carbonyl (C=O) groups is 1. The molecule has 4 heteroatoms. The van der Waals surface area contributed by atoms with Crippen LogP contribution in [0.3, 0.4) is 0 Å². The summed E-state index contributed by atoms with van der Waals surface area (Å²) in [5.74, 6) is 0.704. The van der Waals surface area contributed by atoms with E-state index in [4.69, 9.17) is 0 Å². The summed E-state index contributed by atoms with van der Waals surface area (Å²) in [6, 6.07) is 3.41. The molecule has 0 spiro atoms. The number of Topliss-reactive ketones (excluding diaryl/α,β-unsaturated/α-hetero) is 1. The van der Waals surface area contributed by atoms with Crippen LogP contribution in [0.2, 0.25) is 0 Å². The van der Waals surface area contributed by atoms with Gasteiger partial charge in [-0.05, 0) is 32.9 Å². The molecular weight excluding hydrogens is 204 g/mol. The molecule has 0 aromatic carbocycles. The van der Waals surface area contributed by atoms with Crippen LogP contribution in [-0.4, -0.2) is 35.1 Å². The summed E-state index contributed by atoms with van der Waals surface area (Å²) in [6.07, 6.45) is 1.60. The van der Waals surface area contributed by atoms with Crippen LogP contribution in [0, 0.1) is 0 Å². The highest BCUT2D eigenvalue weighted by Gasteiger charge is 2.16. The van der Waals surface area contributed by atoms with E-state index in [9.17, 15) is 9.90 Å². The first-order valence-electron chi connectivity index (χ1n) is 5.20. The molecule has 1 aromatic heterocycles. The van der Waals surface area contributed by atoms with Gasteiger partial charge in [-0.1, -0.05) is 0 Å². The maximum atomic E-state index is 11.2. The molecule has 1 N–H and O–H groups in total. The highest BCUT2D eigenvalue weighted by atomic mass is 16.3. The van der Waals surface area contributed by atoms with E-state index >= 15 is 0 Å². The number of rotatable bonds is 4. The Morgan fingerprint density at radius 2 is 2.19 bits per heavy atom. The Morgan fingerprint density at radius 1 is 1.56 bits per heavy atom. The molecule has 1 rings (SSSR count). The van der Waals surface area contributed by atoms with E-state index in [2.05, 4.69) is 4.98 Å². The first-order chi connectivity index (χ1) is 7.29. The molecule has 0 aliphatic rings. The number of carbonyl (C=O) groups excluding carboxylic acids is 1. The van der Waals surface area contributed by atoms with Crippen molar-refractivity contribution in [1.29, 1.82) is 0 Å². The van der Waals surface area contributed by atoms with Crippen molar-refractivity contribution in [2.75, 3.05) is 18.5 Å². The van der Waals surface area contributed by atoms with E-state index < -0.39 is 5.60 Å². The van der Waals surface area contributed by atoms with Crippen molar-refractivity contribution in [3.63, 3.8) is 0 Å². The Balaban J connectivity index is 2.87. The molecule has 0 saturated carbocycles. The van der Waals surface area contributed by atoms with Crippen LogP contribution in [0.25, 0.3) is 0 Å². The van der Waals surface area contributed by atoms with Crippen molar-refractivity contribution in [3.8, 4) is 0 Å². The topological polar surface area (TPSA) is 53.4 Å². The number of hydrogen-bond donors (Lipinski definition) is 1. The van der Waals surface area contributed by atoms with Gasteiger partial charge in [0, 0.05) is 25.4 Å². The minimum atomic E-state index is -0.789. The number of anilines is 1. The standard InChI is InChI=1S/C12H18N2O2/c1-9(15)10-5-6-13-11(7-10)14(4)8-12(2,3)16/h5-7,16H,8H2,1-4H3. The average molecular weight is 222 g/mol. The molecule has 1 heterocycles. The lowest BCUT2D eigenvalue weighted by atomic mass is 10.1. The molecule has 1 aromatic rings. The molecule has 88 valence electrons. The largest absolute Gasteiger partial charge is 0.389 e. The van der Waals surface area contributed by atoms with Gasteiger partial charge >= 0.3 is 0 Å². The molecule has 0 atom stereocenters. The Labute approximate surface area is 95.9 Å². The van der Waals surface area contributed by atoms with Gasteiger partial charge < -0.3 is 10.0 Å². The quantitative estimate of drug-likeness (QED) is 0.784. The number of pyridine rings is 1. The monoisotopic (exact) mass is 222 g/mol. The molecule has 4 nitrogen and oxygen atoms in total. The zero-order valence-corrected chi connectivity index (χ0v) is 10.2. The molecule has 0 aliphatic carbocycles. The van der Waals surface area contributed by atoms with Gasteiger partial charge in [0.2, 0.25) is 0 Å². The smallest absolute Gasteiger partial charge is 0.159 e. The third kappa shape index (κ3) is 3.62. The zero-order valence-electron chi connectivity index (χ0n) is 10.2. The predicted molar refractivity (Wildman–Crippen MR) is 63.8 cm³/mol. The second-order valence-corrected chi connectivity index (χ2v) is 4.63. The van der Waals surface area contributed by atoms with Crippen molar-refractivity contribution in [1.82, 2.24) is 4.98 Å². The van der Waals surface area contributed by atoms with Crippen molar-refractivity contribution >= 4 is 11.6 Å². The van der Waals surface area contributed by atoms with E-state index in [0.717, 1.165) is 0 Å². The molecule has 0 aliphatic heterocycles. The summed E-state index contributed by atoms with van der Waals surface area (Å²) in [5, 5.41) is 9.69. The number of likely N-dealkylation sites (N-methyl/N-ethyl adjacent to an activating group) is 1. The Hall–Kier alpha value is -1.42. The van der Waals surface area contributed by atoms with E-state index in [-0.39, 0.29) is 5.78 Å². The molecule has 0 radical (unpaired) electrons. The third-order valence-corrected chi connectivity index (χ3v) is 2.17. The van der Waals surface area contributed by atoms with Crippen LogP contribution >= 0.6 is 0 Å². The fourth-order valence-electron chi connectivity index (χ4n) is 1.51. The molecule has 16 heavy (non-hydrogen) atoms. The van der Waals surface area contributed by atoms with Gasteiger partial charge in [0.25, 0.3) is 0 Å². The zero-order chi connectivity index (χ0) is 12.3. The van der Waals surface area contributed by atoms with Gasteiger partial charge in [0.05, 0.1) is 5.60 Å². The lowest BCUT2D eigenvalue weighted by molar-refractivity contribution is 0.0884. The molecule has 0 fully saturated rings. The molecular formula is C12H18N2O2. The molecule has 0 bridgehead atoms. The van der Waals surface area contributed by atoms with Gasteiger partial charge in [-0.25, -0.2) is 4.98 Å². The van der Waals surface area contributed by atoms with Crippen molar-refractivity contribution in [2.45, 2.75) is 26.4 Å². The summed E-state index contributed by atoms with van der Waals surface area (Å²) >= 11 is 0. The van der Waals surface area contributed by atoms with Crippen molar-refractivity contribution < 1.29 is 9.90 Å². The van der Waals surface area contributed by atoms with E-state index in [1.807, 2.05) is 11.9 Å². The fraction of sp³-hybridized carbons (Fsp3) is 0.500. The first kappa shape index (κ1) is 12.6. The predicted octanol–water partition coefficient (Wildman–Crippen LogP) is 1.49. The summed E-state index contributed by atoms with van der Waals surface area (Å²) < 4.78 is 0. The number of aliphatic hydroxyl groups is 1. The van der Waals surface area contributed by atoms with Gasteiger partial charge in [-0.3, -0.25) is 4.79 Å². The maximum Gasteiger partial charge on any atom is 0.159 e. The van der Waals surface area contributed by atoms with E-state index in [1.54, 1.807) is 32.2 Å². The third-order valence-electron chi connectivity index (χ3n) is 2.17. The Kier molecular flexibility index (Phi) is 3.65. The van der Waals surface area contributed by atoms with Gasteiger partial charge in [0.15, 0.2) is 5.78 Å². The average Bonchev–Trinajstić information content (AvgIpc) is 2.15. The Bertz CT molecular complexity index is 383. The SMILES string of the molecule is CC(=O)c1ccnc(N(C)CC(C)(C)O)c1. The molecule has 0 unspecified atom stereocenters. The van der Waals surface area contributed by atoms with Gasteiger partial charge in [0.1, 0.15) is 5.82 Å². The highest BCUT2D eigenvalue weighted by molar-refractivity contribution is 5.94. The van der Waals surface area contributed by atoms with Crippen molar-refractivity contribution in [2.24, 2.45) is 0 Å². The summed E-state index contributed by atoms with van der Waals surface area (Å²) in [6.45, 7) is 5.45. The van der Waals surface area contributed by atoms with Gasteiger partial charge in [-0.15, -0.1) is 0 Å². The summed E-state index contributed by atoms with van der Waals surface area (Å²) in [4.78, 5) is 17.2. The van der Waals surface area contributed by atoms with Crippen LogP contribution in [0.15, 0.2) is 18.3 Å². The van der Waals surface area contributed by atoms with Crippen LogP contribution in [0.1, 0.15) is 31.1 Å². The normalized spacial score (nSPS) is 11.3. The second kappa shape index (κ2) is 4.61. The lowest BCUT2D eigenvalue weighted by Crippen LogP contribution is -2.36. The van der Waals surface area contributed by atoms with Crippen molar-refractivity contribution in [3.05, 3.63) is 23.9 Å². The lowest BCUT2D eigenvalue weighted by Gasteiger charge is -2.26. The second-order valence-electron chi connectivity index (χ2n) is 4.63. The van der Waals surface area contributed by atoms with E-state index in [1.165, 1.54) is 6.92 Å². The molecule has 0 amide bonds. The minimum absolute atomic E-state index is 0.0142. The number of nitrogens with zero attached hydrogens (tertiary/aromatic N) is 2. The van der Waals surface area contributed by atoms with Crippen LogP contribution in [0.4, 0.5) is 5.82 Å². The number of hydrogen-bond acceptors (Lipinski definition) is 4. The minimum Gasteiger partial charge on any atom is -0.389 e. The summed E-state index contributed by atoms with van der Waals surface area (Å²) in [5.41, 5.74) is -0.157. The Morgan fingerprint density at radius 3 is 2.69 bits per heavy atom. The fourth-order valence-corrected chi connectivity index (χ4v) is 1.51. The van der Waals surface area contributed by atoms with Crippen LogP contribution in [-0.2, 0) is 0 Å². The highest BCUT2D eigenvalue weighted by Crippen LogP contribution is 2.14. The number of ketones is 1. The first-order valence-corrected chi connectivity index (χ1v) is 5.20. The molecule has 0 saturated heterocycles. The maximum absolute atomic E-state index is 11.2.